The number of hydrogen-bond donors (Lipinski definition) is 6. The van der Waals surface area contributed by atoms with Gasteiger partial charge in [0.05, 0.1) is 6.61 Å². The Morgan fingerprint density at radius 1 is 0.814 bits per heavy atom. The SMILES string of the molecule is CSCCC(NC(=O)OCC(C)C)C(=O)NC(CC(C)C)C(=O)NC(Cc1ccccc1)C(=O)NCCC(=O)NCCN. The van der Waals surface area contributed by atoms with Gasteiger partial charge in [-0.25, -0.2) is 4.79 Å². The molecule has 43 heavy (non-hydrogen) atoms. The Hall–Kier alpha value is -3.32. The maximum absolute atomic E-state index is 13.6. The van der Waals surface area contributed by atoms with Gasteiger partial charge in [0, 0.05) is 32.5 Å². The predicted octanol–water partition coefficient (Wildman–Crippen LogP) is 1.33. The number of amides is 5. The van der Waals surface area contributed by atoms with Crippen molar-refractivity contribution in [1.29, 1.82) is 0 Å². The molecule has 12 nitrogen and oxygen atoms in total. The first-order valence-electron chi connectivity index (χ1n) is 14.8. The van der Waals surface area contributed by atoms with Crippen LogP contribution in [0.1, 0.15) is 52.5 Å². The van der Waals surface area contributed by atoms with Gasteiger partial charge in [-0.1, -0.05) is 58.0 Å². The molecule has 7 N–H and O–H groups in total. The maximum Gasteiger partial charge on any atom is 0.407 e. The number of carbonyl (C=O) groups excluding carboxylic acids is 5. The summed E-state index contributed by atoms with van der Waals surface area (Å²) in [4.78, 5) is 64.3. The van der Waals surface area contributed by atoms with Crippen molar-refractivity contribution < 1.29 is 28.7 Å². The molecule has 0 aliphatic rings. The van der Waals surface area contributed by atoms with Crippen LogP contribution in [-0.4, -0.2) is 86.1 Å². The van der Waals surface area contributed by atoms with Crippen molar-refractivity contribution in [3.8, 4) is 0 Å². The third-order valence-corrected chi connectivity index (χ3v) is 6.78. The maximum atomic E-state index is 13.6. The average molecular weight is 623 g/mol. The van der Waals surface area contributed by atoms with Crippen LogP contribution in [-0.2, 0) is 30.3 Å². The van der Waals surface area contributed by atoms with E-state index in [0.717, 1.165) is 5.56 Å². The fraction of sp³-hybridized carbons (Fsp3) is 0.633. The molecular weight excluding hydrogens is 572 g/mol. The van der Waals surface area contributed by atoms with Crippen LogP contribution in [0.2, 0.25) is 0 Å². The van der Waals surface area contributed by atoms with Crippen LogP contribution in [0, 0.1) is 11.8 Å². The largest absolute Gasteiger partial charge is 0.449 e. The van der Waals surface area contributed by atoms with Crippen molar-refractivity contribution in [2.24, 2.45) is 17.6 Å². The number of alkyl carbamates (subject to hydrolysis) is 1. The molecule has 0 aromatic heterocycles. The van der Waals surface area contributed by atoms with Gasteiger partial charge >= 0.3 is 6.09 Å². The highest BCUT2D eigenvalue weighted by molar-refractivity contribution is 7.98. The van der Waals surface area contributed by atoms with Crippen molar-refractivity contribution in [2.75, 3.05) is 38.2 Å². The summed E-state index contributed by atoms with van der Waals surface area (Å²) in [7, 11) is 0. The Morgan fingerprint density at radius 2 is 1.47 bits per heavy atom. The minimum atomic E-state index is -0.954. The summed E-state index contributed by atoms with van der Waals surface area (Å²) in [6.07, 6.45) is 2.12. The van der Waals surface area contributed by atoms with Gasteiger partial charge in [-0.15, -0.1) is 0 Å². The third-order valence-electron chi connectivity index (χ3n) is 6.14. The minimum absolute atomic E-state index is 0.0399. The van der Waals surface area contributed by atoms with Crippen LogP contribution in [0.25, 0.3) is 0 Å². The second-order valence-electron chi connectivity index (χ2n) is 11.1. The Labute approximate surface area is 259 Å². The number of benzene rings is 1. The predicted molar refractivity (Wildman–Crippen MR) is 169 cm³/mol. The lowest BCUT2D eigenvalue weighted by molar-refractivity contribution is -0.133. The summed E-state index contributed by atoms with van der Waals surface area (Å²) in [5.74, 6) is -0.949. The molecule has 242 valence electrons. The van der Waals surface area contributed by atoms with Crippen molar-refractivity contribution in [3.05, 3.63) is 35.9 Å². The average Bonchev–Trinajstić information content (AvgIpc) is 2.96. The first kappa shape index (κ1) is 37.7. The quantitative estimate of drug-likeness (QED) is 0.126. The van der Waals surface area contributed by atoms with Crippen molar-refractivity contribution in [3.63, 3.8) is 0 Å². The second-order valence-corrected chi connectivity index (χ2v) is 12.1. The van der Waals surface area contributed by atoms with Crippen molar-refractivity contribution in [1.82, 2.24) is 26.6 Å². The molecule has 0 bridgehead atoms. The standard InChI is InChI=1S/C30H50N6O6S/c1-20(2)17-24(34-28(39)23(12-16-43-5)36-30(41)42-19-21(3)4)29(40)35-25(18-22-9-7-6-8-10-22)27(38)33-14-11-26(37)32-15-13-31/h6-10,20-21,23-25H,11-19,31H2,1-5H3,(H,32,37)(H,33,38)(H,34,39)(H,35,40)(H,36,41). The van der Waals surface area contributed by atoms with E-state index in [1.807, 2.05) is 64.3 Å². The van der Waals surface area contributed by atoms with E-state index in [1.165, 1.54) is 11.8 Å². The highest BCUT2D eigenvalue weighted by Crippen LogP contribution is 2.10. The van der Waals surface area contributed by atoms with E-state index in [0.29, 0.717) is 31.7 Å². The highest BCUT2D eigenvalue weighted by atomic mass is 32.2. The molecule has 0 aliphatic carbocycles. The number of ether oxygens (including phenoxy) is 1. The molecule has 1 rings (SSSR count). The molecule has 0 fully saturated rings. The van der Waals surface area contributed by atoms with Crippen LogP contribution in [0.4, 0.5) is 4.79 Å². The summed E-state index contributed by atoms with van der Waals surface area (Å²) in [6.45, 7) is 8.61. The minimum Gasteiger partial charge on any atom is -0.449 e. The first-order chi connectivity index (χ1) is 20.5. The zero-order chi connectivity index (χ0) is 32.2. The Balaban J connectivity index is 3.03. The lowest BCUT2D eigenvalue weighted by Crippen LogP contribution is -2.57. The number of nitrogens with one attached hydrogen (secondary N) is 5. The van der Waals surface area contributed by atoms with Gasteiger partial charge in [-0.2, -0.15) is 11.8 Å². The van der Waals surface area contributed by atoms with E-state index in [2.05, 4.69) is 26.6 Å². The zero-order valence-corrected chi connectivity index (χ0v) is 26.9. The van der Waals surface area contributed by atoms with Gasteiger partial charge in [-0.3, -0.25) is 19.2 Å². The van der Waals surface area contributed by atoms with E-state index in [4.69, 9.17) is 10.5 Å². The van der Waals surface area contributed by atoms with Gasteiger partial charge in [0.1, 0.15) is 18.1 Å². The molecule has 0 heterocycles. The molecule has 13 heteroatoms. The van der Waals surface area contributed by atoms with Crippen molar-refractivity contribution >= 4 is 41.5 Å². The van der Waals surface area contributed by atoms with Crippen LogP contribution in [0.15, 0.2) is 30.3 Å². The molecular formula is C30H50N6O6S. The lowest BCUT2D eigenvalue weighted by Gasteiger charge is -2.26. The molecule has 5 amide bonds. The number of thioether (sulfide) groups is 1. The van der Waals surface area contributed by atoms with Gasteiger partial charge < -0.3 is 37.1 Å². The molecule has 0 radical (unpaired) electrons. The van der Waals surface area contributed by atoms with E-state index in [-0.39, 0.29) is 43.7 Å². The summed E-state index contributed by atoms with van der Waals surface area (Å²) in [6, 6.07) is 6.42. The molecule has 1 aromatic carbocycles. The first-order valence-corrected chi connectivity index (χ1v) is 16.2. The summed E-state index contributed by atoms with van der Waals surface area (Å²) >= 11 is 1.53. The molecule has 3 unspecified atom stereocenters. The molecule has 0 saturated carbocycles. The zero-order valence-electron chi connectivity index (χ0n) is 26.1. The Morgan fingerprint density at radius 3 is 2.07 bits per heavy atom. The lowest BCUT2D eigenvalue weighted by atomic mass is 10.0. The van der Waals surface area contributed by atoms with Crippen LogP contribution in [0.5, 0.6) is 0 Å². The summed E-state index contributed by atoms with van der Waals surface area (Å²) in [5.41, 5.74) is 6.23. The molecule has 0 aliphatic heterocycles. The smallest absolute Gasteiger partial charge is 0.407 e. The van der Waals surface area contributed by atoms with E-state index < -0.39 is 41.9 Å². The van der Waals surface area contributed by atoms with E-state index in [1.54, 1.807) is 0 Å². The molecule has 0 spiro atoms. The third kappa shape index (κ3) is 16.8. The van der Waals surface area contributed by atoms with Crippen LogP contribution >= 0.6 is 11.8 Å². The second kappa shape index (κ2) is 21.4. The van der Waals surface area contributed by atoms with Gasteiger partial charge in [-0.05, 0) is 42.2 Å². The normalized spacial score (nSPS) is 13.0. The fourth-order valence-electron chi connectivity index (χ4n) is 3.96. The number of carbonyl (C=O) groups is 5. The monoisotopic (exact) mass is 622 g/mol. The molecule has 3 atom stereocenters. The van der Waals surface area contributed by atoms with Crippen LogP contribution < -0.4 is 32.3 Å². The van der Waals surface area contributed by atoms with Crippen molar-refractivity contribution in [2.45, 2.75) is 71.5 Å². The van der Waals surface area contributed by atoms with Gasteiger partial charge in [0.15, 0.2) is 0 Å². The topological polar surface area (TPSA) is 181 Å². The van der Waals surface area contributed by atoms with E-state index >= 15 is 0 Å². The van der Waals surface area contributed by atoms with Gasteiger partial charge in [0.25, 0.3) is 0 Å². The number of rotatable bonds is 20. The Kier molecular flexibility index (Phi) is 18.7. The number of hydrogen-bond acceptors (Lipinski definition) is 8. The molecule has 1 aromatic rings. The summed E-state index contributed by atoms with van der Waals surface area (Å²) < 4.78 is 5.19. The van der Waals surface area contributed by atoms with E-state index in [9.17, 15) is 24.0 Å². The van der Waals surface area contributed by atoms with Crippen LogP contribution in [0.3, 0.4) is 0 Å². The number of nitrogens with two attached hydrogens (primary N) is 1. The molecule has 0 saturated heterocycles. The fourth-order valence-corrected chi connectivity index (χ4v) is 4.43. The Bertz CT molecular complexity index is 1010. The summed E-state index contributed by atoms with van der Waals surface area (Å²) in [5, 5.41) is 13.6. The van der Waals surface area contributed by atoms with Gasteiger partial charge in [0.2, 0.25) is 23.6 Å². The highest BCUT2D eigenvalue weighted by Gasteiger charge is 2.30.